The molecular weight excluding hydrogens is 451 g/mol. The molecule has 11 heteroatoms. The Hall–Kier alpha value is -3.63. The molecule has 0 aliphatic carbocycles. The maximum Gasteiger partial charge on any atom is 0.573 e. The van der Waals surface area contributed by atoms with Crippen molar-refractivity contribution in [3.63, 3.8) is 0 Å². The summed E-state index contributed by atoms with van der Waals surface area (Å²) in [6, 6.07) is 10.8. The van der Waals surface area contributed by atoms with E-state index in [1.165, 1.54) is 24.3 Å². The van der Waals surface area contributed by atoms with Crippen LogP contribution in [0, 0.1) is 11.8 Å². The van der Waals surface area contributed by atoms with Gasteiger partial charge in [0, 0.05) is 50.0 Å². The van der Waals surface area contributed by atoms with E-state index in [1.54, 1.807) is 18.2 Å². The molecule has 34 heavy (non-hydrogen) atoms. The number of aromatic nitrogens is 3. The minimum atomic E-state index is -4.73. The van der Waals surface area contributed by atoms with Crippen LogP contribution in [-0.4, -0.2) is 69.6 Å². The van der Waals surface area contributed by atoms with E-state index in [0.29, 0.717) is 43.7 Å². The van der Waals surface area contributed by atoms with Gasteiger partial charge in [-0.25, -0.2) is 0 Å². The number of nitrogens with zero attached hydrogens (tertiary/aromatic N) is 4. The molecule has 1 N–H and O–H groups in total. The van der Waals surface area contributed by atoms with Gasteiger partial charge in [0.2, 0.25) is 5.91 Å². The number of H-pyrrole nitrogens is 1. The van der Waals surface area contributed by atoms with E-state index in [9.17, 15) is 22.8 Å². The standard InChI is InChI=1S/C23H22F3N5O3/c24-23(25,26)34-18-5-1-14(2-6-18)3-8-21(32)30-10-16-12-31(13-17(16)11-30)22(33)15-4-7-19-20(9-15)28-29-27-19/h1-2,4-7,9,16-17H,3,8,10-13H2,(H,27,28,29)/t16-,17-/m0/s1. The van der Waals surface area contributed by atoms with Gasteiger partial charge in [-0.3, -0.25) is 14.7 Å². The predicted molar refractivity (Wildman–Crippen MR) is 115 cm³/mol. The fourth-order valence-corrected chi connectivity index (χ4v) is 4.79. The highest BCUT2D eigenvalue weighted by molar-refractivity contribution is 5.97. The van der Waals surface area contributed by atoms with Crippen molar-refractivity contribution in [2.24, 2.45) is 11.8 Å². The van der Waals surface area contributed by atoms with Crippen LogP contribution in [0.4, 0.5) is 13.2 Å². The van der Waals surface area contributed by atoms with Gasteiger partial charge in [-0.2, -0.15) is 0 Å². The summed E-state index contributed by atoms with van der Waals surface area (Å²) in [6.45, 7) is 2.41. The van der Waals surface area contributed by atoms with E-state index in [1.807, 2.05) is 9.80 Å². The van der Waals surface area contributed by atoms with Gasteiger partial charge in [0.15, 0.2) is 0 Å². The first-order chi connectivity index (χ1) is 16.2. The van der Waals surface area contributed by atoms with Gasteiger partial charge in [0.25, 0.3) is 5.91 Å². The second-order valence-corrected chi connectivity index (χ2v) is 8.76. The molecule has 1 aromatic heterocycles. The zero-order valence-electron chi connectivity index (χ0n) is 18.1. The molecule has 0 unspecified atom stereocenters. The number of nitrogens with one attached hydrogen (secondary N) is 1. The number of hydrogen-bond acceptors (Lipinski definition) is 5. The number of likely N-dealkylation sites (tertiary alicyclic amines) is 2. The first-order valence-electron chi connectivity index (χ1n) is 11.0. The molecule has 5 rings (SSSR count). The maximum atomic E-state index is 12.9. The normalized spacial score (nSPS) is 20.1. The molecule has 2 atom stereocenters. The molecule has 2 aliphatic heterocycles. The van der Waals surface area contributed by atoms with Crippen molar-refractivity contribution in [3.05, 3.63) is 53.6 Å². The third-order valence-corrected chi connectivity index (χ3v) is 6.48. The second kappa shape index (κ2) is 8.62. The van der Waals surface area contributed by atoms with Crippen molar-refractivity contribution in [2.75, 3.05) is 26.2 Å². The number of halogens is 3. The summed E-state index contributed by atoms with van der Waals surface area (Å²) >= 11 is 0. The largest absolute Gasteiger partial charge is 0.573 e. The molecule has 178 valence electrons. The van der Waals surface area contributed by atoms with Crippen LogP contribution >= 0.6 is 0 Å². The van der Waals surface area contributed by atoms with E-state index in [2.05, 4.69) is 20.1 Å². The van der Waals surface area contributed by atoms with Crippen LogP contribution in [0.5, 0.6) is 5.75 Å². The van der Waals surface area contributed by atoms with Gasteiger partial charge in [-0.1, -0.05) is 17.3 Å². The van der Waals surface area contributed by atoms with Crippen molar-refractivity contribution in [1.82, 2.24) is 25.2 Å². The molecule has 2 aliphatic rings. The summed E-state index contributed by atoms with van der Waals surface area (Å²) in [7, 11) is 0. The predicted octanol–water partition coefficient (Wildman–Crippen LogP) is 3.02. The minimum absolute atomic E-state index is 0.0133. The molecule has 3 aromatic rings. The topological polar surface area (TPSA) is 91.4 Å². The molecular formula is C23H22F3N5O3. The number of amides is 2. The van der Waals surface area contributed by atoms with E-state index in [-0.39, 0.29) is 35.8 Å². The van der Waals surface area contributed by atoms with E-state index >= 15 is 0 Å². The van der Waals surface area contributed by atoms with Gasteiger partial charge >= 0.3 is 6.36 Å². The Morgan fingerprint density at radius 2 is 1.68 bits per heavy atom. The highest BCUT2D eigenvalue weighted by atomic mass is 19.4. The minimum Gasteiger partial charge on any atom is -0.406 e. The van der Waals surface area contributed by atoms with Crippen LogP contribution in [0.3, 0.4) is 0 Å². The highest BCUT2D eigenvalue weighted by Crippen LogP contribution is 2.32. The van der Waals surface area contributed by atoms with Gasteiger partial charge in [0.1, 0.15) is 11.3 Å². The number of aromatic amines is 1. The Balaban J connectivity index is 1.11. The van der Waals surface area contributed by atoms with Crippen molar-refractivity contribution < 1.29 is 27.5 Å². The molecule has 3 heterocycles. The smallest absolute Gasteiger partial charge is 0.406 e. The van der Waals surface area contributed by atoms with Gasteiger partial charge in [0.05, 0.1) is 5.52 Å². The van der Waals surface area contributed by atoms with Gasteiger partial charge < -0.3 is 14.5 Å². The van der Waals surface area contributed by atoms with Crippen molar-refractivity contribution in [3.8, 4) is 5.75 Å². The number of carbonyl (C=O) groups is 2. The molecule has 2 amide bonds. The number of ether oxygens (including phenoxy) is 1. The van der Waals surface area contributed by atoms with E-state index < -0.39 is 6.36 Å². The summed E-state index contributed by atoms with van der Waals surface area (Å²) in [4.78, 5) is 29.3. The second-order valence-electron chi connectivity index (χ2n) is 8.76. The van der Waals surface area contributed by atoms with Gasteiger partial charge in [-0.15, -0.1) is 18.3 Å². The molecule has 0 saturated carbocycles. The lowest BCUT2D eigenvalue weighted by Crippen LogP contribution is -2.35. The fourth-order valence-electron chi connectivity index (χ4n) is 4.79. The first-order valence-corrected chi connectivity index (χ1v) is 11.0. The Bertz CT molecular complexity index is 1200. The molecule has 8 nitrogen and oxygen atoms in total. The lowest BCUT2D eigenvalue weighted by Gasteiger charge is -2.22. The van der Waals surface area contributed by atoms with Gasteiger partial charge in [-0.05, 0) is 42.3 Å². The zero-order valence-corrected chi connectivity index (χ0v) is 18.1. The highest BCUT2D eigenvalue weighted by Gasteiger charge is 2.43. The van der Waals surface area contributed by atoms with Crippen molar-refractivity contribution >= 4 is 22.8 Å². The number of alkyl halides is 3. The molecule has 0 radical (unpaired) electrons. The summed E-state index contributed by atoms with van der Waals surface area (Å²) in [5.41, 5.74) is 2.75. The van der Waals surface area contributed by atoms with Crippen molar-refractivity contribution in [2.45, 2.75) is 19.2 Å². The molecule has 0 spiro atoms. The molecule has 2 saturated heterocycles. The third kappa shape index (κ3) is 4.68. The number of hydrogen-bond donors (Lipinski definition) is 1. The average molecular weight is 473 g/mol. The lowest BCUT2D eigenvalue weighted by molar-refractivity contribution is -0.274. The van der Waals surface area contributed by atoms with E-state index in [4.69, 9.17) is 0 Å². The summed E-state index contributed by atoms with van der Waals surface area (Å²) in [5.74, 6) is 0.162. The zero-order chi connectivity index (χ0) is 23.9. The van der Waals surface area contributed by atoms with Crippen LogP contribution in [0.2, 0.25) is 0 Å². The Kier molecular flexibility index (Phi) is 5.62. The Morgan fingerprint density at radius 1 is 1.00 bits per heavy atom. The number of benzene rings is 2. The van der Waals surface area contributed by atoms with E-state index in [0.717, 1.165) is 11.1 Å². The molecule has 0 bridgehead atoms. The first kappa shape index (κ1) is 22.2. The summed E-state index contributed by atoms with van der Waals surface area (Å²) in [6.07, 6.45) is -4.01. The van der Waals surface area contributed by atoms with Crippen LogP contribution in [0.1, 0.15) is 22.3 Å². The number of rotatable bonds is 5. The third-order valence-electron chi connectivity index (χ3n) is 6.48. The molecule has 2 aromatic carbocycles. The summed E-state index contributed by atoms with van der Waals surface area (Å²) in [5, 5.41) is 10.5. The Morgan fingerprint density at radius 3 is 2.35 bits per heavy atom. The molecule has 2 fully saturated rings. The van der Waals surface area contributed by atoms with Crippen LogP contribution in [-0.2, 0) is 11.2 Å². The quantitative estimate of drug-likeness (QED) is 0.615. The van der Waals surface area contributed by atoms with Crippen LogP contribution < -0.4 is 4.74 Å². The number of aryl methyl sites for hydroxylation is 1. The number of carbonyl (C=O) groups excluding carboxylic acids is 2. The monoisotopic (exact) mass is 473 g/mol. The number of fused-ring (bicyclic) bond motifs is 2. The van der Waals surface area contributed by atoms with Crippen LogP contribution in [0.15, 0.2) is 42.5 Å². The van der Waals surface area contributed by atoms with Crippen LogP contribution in [0.25, 0.3) is 11.0 Å². The Labute approximate surface area is 192 Å². The lowest BCUT2D eigenvalue weighted by atomic mass is 10.0. The average Bonchev–Trinajstić information content (AvgIpc) is 3.51. The van der Waals surface area contributed by atoms with Crippen molar-refractivity contribution in [1.29, 1.82) is 0 Å². The SMILES string of the molecule is O=C(CCc1ccc(OC(F)(F)F)cc1)N1C[C@H]2CN(C(=O)c3ccc4[nH]nnc4c3)C[C@@H]2C1. The maximum absolute atomic E-state index is 12.9. The fraction of sp³-hybridized carbons (Fsp3) is 0.391. The summed E-state index contributed by atoms with van der Waals surface area (Å²) < 4.78 is 40.7.